The predicted octanol–water partition coefficient (Wildman–Crippen LogP) is 1.01. The molecule has 118 valence electrons. The van der Waals surface area contributed by atoms with Crippen LogP contribution in [0.15, 0.2) is 18.2 Å². The SMILES string of the molecule is O=C1NC(O)CCC1N1Cc2cc(OCCBr)ccc2C1=O. The fourth-order valence-corrected chi connectivity index (χ4v) is 3.06. The summed E-state index contributed by atoms with van der Waals surface area (Å²) in [5.41, 5.74) is 1.49. The first-order valence-corrected chi connectivity index (χ1v) is 8.33. The lowest BCUT2D eigenvalue weighted by Crippen LogP contribution is -2.54. The maximum absolute atomic E-state index is 12.5. The lowest BCUT2D eigenvalue weighted by molar-refractivity contribution is -0.132. The number of nitrogens with one attached hydrogen (secondary N) is 1. The van der Waals surface area contributed by atoms with Crippen molar-refractivity contribution in [2.24, 2.45) is 0 Å². The Labute approximate surface area is 136 Å². The van der Waals surface area contributed by atoms with Gasteiger partial charge in [0.25, 0.3) is 5.91 Å². The Hall–Kier alpha value is -1.60. The summed E-state index contributed by atoms with van der Waals surface area (Å²) in [6, 6.07) is 4.85. The van der Waals surface area contributed by atoms with Gasteiger partial charge in [0.1, 0.15) is 18.0 Å². The molecule has 7 heteroatoms. The highest BCUT2D eigenvalue weighted by Gasteiger charge is 2.39. The largest absolute Gasteiger partial charge is 0.493 e. The number of carbonyl (C=O) groups excluding carboxylic acids is 2. The topological polar surface area (TPSA) is 78.9 Å². The number of hydrogen-bond donors (Lipinski definition) is 2. The van der Waals surface area contributed by atoms with Crippen LogP contribution in [0, 0.1) is 0 Å². The molecule has 1 saturated heterocycles. The van der Waals surface area contributed by atoms with Gasteiger partial charge in [0, 0.05) is 17.4 Å². The van der Waals surface area contributed by atoms with Crippen LogP contribution in [0.2, 0.25) is 0 Å². The molecule has 0 bridgehead atoms. The van der Waals surface area contributed by atoms with Crippen LogP contribution in [-0.2, 0) is 11.3 Å². The molecule has 1 aromatic rings. The molecule has 2 aliphatic rings. The third-order valence-corrected chi connectivity index (χ3v) is 4.28. The Morgan fingerprint density at radius 3 is 2.91 bits per heavy atom. The average molecular weight is 369 g/mol. The molecule has 2 aliphatic heterocycles. The molecular weight excluding hydrogens is 352 g/mol. The van der Waals surface area contributed by atoms with Crippen LogP contribution in [0.4, 0.5) is 0 Å². The molecule has 2 N–H and O–H groups in total. The molecule has 1 fully saturated rings. The van der Waals surface area contributed by atoms with E-state index < -0.39 is 12.3 Å². The molecular formula is C15H17BrN2O4. The molecule has 0 spiro atoms. The second kappa shape index (κ2) is 6.26. The number of piperidine rings is 1. The smallest absolute Gasteiger partial charge is 0.255 e. The summed E-state index contributed by atoms with van der Waals surface area (Å²) in [5, 5.41) is 12.7. The van der Waals surface area contributed by atoms with E-state index in [9.17, 15) is 14.7 Å². The van der Waals surface area contributed by atoms with E-state index in [2.05, 4.69) is 21.2 Å². The quantitative estimate of drug-likeness (QED) is 0.777. The Bertz CT molecular complexity index is 607. The number of alkyl halides is 1. The van der Waals surface area contributed by atoms with Gasteiger partial charge in [-0.2, -0.15) is 0 Å². The van der Waals surface area contributed by atoms with E-state index in [0.29, 0.717) is 31.6 Å². The van der Waals surface area contributed by atoms with Crippen LogP contribution in [-0.4, -0.2) is 46.0 Å². The summed E-state index contributed by atoms with van der Waals surface area (Å²) < 4.78 is 5.54. The Kier molecular flexibility index (Phi) is 4.35. The second-order valence-corrected chi connectivity index (χ2v) is 6.20. The lowest BCUT2D eigenvalue weighted by Gasteiger charge is -2.32. The molecule has 2 unspecified atom stereocenters. The van der Waals surface area contributed by atoms with Crippen molar-refractivity contribution in [1.29, 1.82) is 0 Å². The van der Waals surface area contributed by atoms with Crippen LogP contribution in [0.5, 0.6) is 5.75 Å². The van der Waals surface area contributed by atoms with Crippen molar-refractivity contribution in [3.05, 3.63) is 29.3 Å². The highest BCUT2D eigenvalue weighted by atomic mass is 79.9. The van der Waals surface area contributed by atoms with Crippen molar-refractivity contribution in [2.45, 2.75) is 31.7 Å². The second-order valence-electron chi connectivity index (χ2n) is 5.41. The number of ether oxygens (including phenoxy) is 1. The normalized spacial score (nSPS) is 24.2. The van der Waals surface area contributed by atoms with Crippen molar-refractivity contribution in [1.82, 2.24) is 10.2 Å². The van der Waals surface area contributed by atoms with Gasteiger partial charge in [0.15, 0.2) is 0 Å². The maximum atomic E-state index is 12.5. The van der Waals surface area contributed by atoms with Gasteiger partial charge in [-0.25, -0.2) is 0 Å². The van der Waals surface area contributed by atoms with E-state index in [1.165, 1.54) is 0 Å². The number of hydrogen-bond acceptors (Lipinski definition) is 4. The Balaban J connectivity index is 1.77. The zero-order valence-corrected chi connectivity index (χ0v) is 13.5. The van der Waals surface area contributed by atoms with Gasteiger partial charge < -0.3 is 20.1 Å². The summed E-state index contributed by atoms with van der Waals surface area (Å²) in [5.74, 6) is 0.283. The lowest BCUT2D eigenvalue weighted by atomic mass is 10.0. The number of halogens is 1. The third kappa shape index (κ3) is 2.83. The maximum Gasteiger partial charge on any atom is 0.255 e. The van der Waals surface area contributed by atoms with Crippen LogP contribution in [0.1, 0.15) is 28.8 Å². The van der Waals surface area contributed by atoms with E-state index in [1.54, 1.807) is 17.0 Å². The van der Waals surface area contributed by atoms with Crippen LogP contribution in [0.3, 0.4) is 0 Å². The van der Waals surface area contributed by atoms with E-state index in [0.717, 1.165) is 16.6 Å². The molecule has 22 heavy (non-hydrogen) atoms. The molecule has 0 saturated carbocycles. The van der Waals surface area contributed by atoms with Crippen molar-refractivity contribution in [3.63, 3.8) is 0 Å². The zero-order valence-electron chi connectivity index (χ0n) is 11.9. The van der Waals surface area contributed by atoms with Gasteiger partial charge in [-0.1, -0.05) is 15.9 Å². The Morgan fingerprint density at radius 2 is 2.18 bits per heavy atom. The summed E-state index contributed by atoms with van der Waals surface area (Å²) >= 11 is 3.30. The number of nitrogens with zero attached hydrogens (tertiary/aromatic N) is 1. The van der Waals surface area contributed by atoms with E-state index >= 15 is 0 Å². The fourth-order valence-electron chi connectivity index (χ4n) is 2.89. The first kappa shape index (κ1) is 15.3. The predicted molar refractivity (Wildman–Crippen MR) is 82.8 cm³/mol. The average Bonchev–Trinajstić information content (AvgIpc) is 2.82. The van der Waals surface area contributed by atoms with Crippen molar-refractivity contribution in [2.75, 3.05) is 11.9 Å². The van der Waals surface area contributed by atoms with Crippen LogP contribution < -0.4 is 10.1 Å². The molecule has 2 heterocycles. The standard InChI is InChI=1S/C15H17BrN2O4/c16-5-6-22-10-1-2-11-9(7-10)8-18(15(11)21)12-3-4-13(19)17-14(12)20/h1-2,7,12-13,19H,3-6,8H2,(H,17,20). The summed E-state index contributed by atoms with van der Waals surface area (Å²) in [6.45, 7) is 0.952. The van der Waals surface area contributed by atoms with E-state index in [-0.39, 0.29) is 11.8 Å². The number of benzene rings is 1. The minimum atomic E-state index is -0.812. The molecule has 1 aromatic carbocycles. The fraction of sp³-hybridized carbons (Fsp3) is 0.467. The third-order valence-electron chi connectivity index (χ3n) is 3.96. The molecule has 3 rings (SSSR count). The number of aliphatic hydroxyl groups is 1. The van der Waals surface area contributed by atoms with Crippen molar-refractivity contribution >= 4 is 27.7 Å². The summed E-state index contributed by atoms with van der Waals surface area (Å²) in [4.78, 5) is 26.1. The zero-order chi connectivity index (χ0) is 15.7. The van der Waals surface area contributed by atoms with Gasteiger partial charge in [0.2, 0.25) is 5.91 Å². The van der Waals surface area contributed by atoms with Gasteiger partial charge in [-0.05, 0) is 36.6 Å². The van der Waals surface area contributed by atoms with Crippen molar-refractivity contribution in [3.8, 4) is 5.75 Å². The van der Waals surface area contributed by atoms with Gasteiger partial charge in [0.05, 0.1) is 6.61 Å². The van der Waals surface area contributed by atoms with Gasteiger partial charge in [-0.15, -0.1) is 0 Å². The van der Waals surface area contributed by atoms with Gasteiger partial charge in [-0.3, -0.25) is 9.59 Å². The number of rotatable bonds is 4. The van der Waals surface area contributed by atoms with Crippen LogP contribution in [0.25, 0.3) is 0 Å². The van der Waals surface area contributed by atoms with Crippen LogP contribution >= 0.6 is 15.9 Å². The molecule has 6 nitrogen and oxygen atoms in total. The first-order chi connectivity index (χ1) is 10.6. The minimum absolute atomic E-state index is 0.140. The first-order valence-electron chi connectivity index (χ1n) is 7.21. The van der Waals surface area contributed by atoms with E-state index in [1.807, 2.05) is 6.07 Å². The highest BCUT2D eigenvalue weighted by Crippen LogP contribution is 2.30. The number of fused-ring (bicyclic) bond motifs is 1. The molecule has 0 aromatic heterocycles. The Morgan fingerprint density at radius 1 is 1.36 bits per heavy atom. The number of aliphatic hydroxyl groups excluding tert-OH is 1. The number of carbonyl (C=O) groups is 2. The molecule has 2 atom stereocenters. The summed E-state index contributed by atoms with van der Waals surface area (Å²) in [6.07, 6.45) is 0.114. The number of amides is 2. The minimum Gasteiger partial charge on any atom is -0.493 e. The van der Waals surface area contributed by atoms with Gasteiger partial charge >= 0.3 is 0 Å². The van der Waals surface area contributed by atoms with E-state index in [4.69, 9.17) is 4.74 Å². The molecule has 0 aliphatic carbocycles. The molecule has 0 radical (unpaired) electrons. The monoisotopic (exact) mass is 368 g/mol. The van der Waals surface area contributed by atoms with Crippen molar-refractivity contribution < 1.29 is 19.4 Å². The highest BCUT2D eigenvalue weighted by molar-refractivity contribution is 9.09. The summed E-state index contributed by atoms with van der Waals surface area (Å²) in [7, 11) is 0. The molecule has 2 amide bonds.